The molecule has 0 atom stereocenters. The van der Waals surface area contributed by atoms with Crippen molar-refractivity contribution in [1.29, 1.82) is 0 Å². The number of H-pyrrole nitrogens is 1. The van der Waals surface area contributed by atoms with E-state index < -0.39 is 26.6 Å². The molecule has 0 amide bonds. The van der Waals surface area contributed by atoms with Crippen LogP contribution in [0.2, 0.25) is 5.02 Å². The average Bonchev–Trinajstić information content (AvgIpc) is 2.76. The number of anilines is 1. The molecule has 0 radical (unpaired) electrons. The standard InChI is InChI=1S/C11H9BrClN3O4S/c1-5-10(9(11(17)18)15-14-5)21(19,20)16-8-3-2-6(13)4-7(8)12/h2-4,16H,1H3,(H,14,15)(H,17,18). The molecule has 0 bridgehead atoms. The molecule has 0 aliphatic rings. The summed E-state index contributed by atoms with van der Waals surface area (Å²) in [7, 11) is -4.11. The Balaban J connectivity index is 2.48. The van der Waals surface area contributed by atoms with E-state index in [1.807, 2.05) is 0 Å². The molecule has 2 rings (SSSR count). The molecule has 112 valence electrons. The van der Waals surface area contributed by atoms with Crippen molar-refractivity contribution >= 4 is 49.2 Å². The van der Waals surface area contributed by atoms with Gasteiger partial charge in [-0.3, -0.25) is 9.82 Å². The monoisotopic (exact) mass is 393 g/mol. The molecule has 3 N–H and O–H groups in total. The van der Waals surface area contributed by atoms with Crippen molar-refractivity contribution in [2.24, 2.45) is 0 Å². The Morgan fingerprint density at radius 1 is 1.48 bits per heavy atom. The van der Waals surface area contributed by atoms with Gasteiger partial charge in [0, 0.05) is 9.50 Å². The smallest absolute Gasteiger partial charge is 0.357 e. The lowest BCUT2D eigenvalue weighted by atomic mass is 10.3. The summed E-state index contributed by atoms with van der Waals surface area (Å²) in [5.74, 6) is -1.44. The number of halogens is 2. The fourth-order valence-corrected chi connectivity index (χ4v) is 3.98. The molecule has 0 fully saturated rings. The number of carboxylic acids is 1. The number of nitrogens with zero attached hydrogens (tertiary/aromatic N) is 1. The van der Waals surface area contributed by atoms with Gasteiger partial charge in [-0.1, -0.05) is 11.6 Å². The van der Waals surface area contributed by atoms with E-state index in [-0.39, 0.29) is 11.4 Å². The van der Waals surface area contributed by atoms with Crippen LogP contribution in [0.15, 0.2) is 27.6 Å². The van der Waals surface area contributed by atoms with Crippen LogP contribution in [0.25, 0.3) is 0 Å². The second-order valence-corrected chi connectivity index (χ2v) is 6.97. The minimum Gasteiger partial charge on any atom is -0.476 e. The van der Waals surface area contributed by atoms with Gasteiger partial charge >= 0.3 is 5.97 Å². The molecule has 2 aromatic rings. The zero-order valence-electron chi connectivity index (χ0n) is 10.5. The second-order valence-electron chi connectivity index (χ2n) is 4.06. The molecule has 21 heavy (non-hydrogen) atoms. The molecule has 1 aromatic carbocycles. The van der Waals surface area contributed by atoms with E-state index in [2.05, 4.69) is 30.8 Å². The van der Waals surface area contributed by atoms with E-state index >= 15 is 0 Å². The van der Waals surface area contributed by atoms with Gasteiger partial charge in [-0.05, 0) is 41.1 Å². The lowest BCUT2D eigenvalue weighted by Gasteiger charge is -2.10. The van der Waals surface area contributed by atoms with Gasteiger partial charge in [0.15, 0.2) is 5.69 Å². The van der Waals surface area contributed by atoms with Crippen LogP contribution in [0.1, 0.15) is 16.2 Å². The van der Waals surface area contributed by atoms with Gasteiger partial charge in [0.2, 0.25) is 0 Å². The van der Waals surface area contributed by atoms with E-state index in [0.717, 1.165) is 0 Å². The molecule has 0 saturated heterocycles. The minimum atomic E-state index is -4.11. The van der Waals surface area contributed by atoms with Crippen molar-refractivity contribution in [3.63, 3.8) is 0 Å². The molecule has 1 heterocycles. The quantitative estimate of drug-likeness (QED) is 0.738. The lowest BCUT2D eigenvalue weighted by Crippen LogP contribution is -2.17. The van der Waals surface area contributed by atoms with Gasteiger partial charge in [0.25, 0.3) is 10.0 Å². The highest BCUT2D eigenvalue weighted by molar-refractivity contribution is 9.10. The highest BCUT2D eigenvalue weighted by Crippen LogP contribution is 2.29. The van der Waals surface area contributed by atoms with Crippen molar-refractivity contribution in [2.75, 3.05) is 4.72 Å². The predicted molar refractivity (Wildman–Crippen MR) is 80.2 cm³/mol. The van der Waals surface area contributed by atoms with Gasteiger partial charge in [0.1, 0.15) is 4.90 Å². The van der Waals surface area contributed by atoms with Crippen molar-refractivity contribution < 1.29 is 18.3 Å². The number of carboxylic acid groups (broad SMARTS) is 1. The van der Waals surface area contributed by atoms with Gasteiger partial charge in [-0.25, -0.2) is 13.2 Å². The summed E-state index contributed by atoms with van der Waals surface area (Å²) in [6.45, 7) is 1.42. The number of aromatic amines is 1. The first-order valence-electron chi connectivity index (χ1n) is 5.48. The van der Waals surface area contributed by atoms with Crippen molar-refractivity contribution in [1.82, 2.24) is 10.2 Å². The number of rotatable bonds is 4. The largest absolute Gasteiger partial charge is 0.476 e. The molecule has 0 spiro atoms. The van der Waals surface area contributed by atoms with Crippen LogP contribution >= 0.6 is 27.5 Å². The Bertz CT molecular complexity index is 819. The number of hydrogen-bond acceptors (Lipinski definition) is 4. The highest BCUT2D eigenvalue weighted by Gasteiger charge is 2.28. The average molecular weight is 395 g/mol. The molecule has 1 aromatic heterocycles. The van der Waals surface area contributed by atoms with Crippen molar-refractivity contribution in [3.05, 3.63) is 39.1 Å². The van der Waals surface area contributed by atoms with Crippen LogP contribution < -0.4 is 4.72 Å². The number of aryl methyl sites for hydroxylation is 1. The van der Waals surface area contributed by atoms with Crippen molar-refractivity contribution in [2.45, 2.75) is 11.8 Å². The Hall–Kier alpha value is -1.58. The lowest BCUT2D eigenvalue weighted by molar-refractivity contribution is 0.0686. The Morgan fingerprint density at radius 3 is 2.71 bits per heavy atom. The molecule has 10 heteroatoms. The van der Waals surface area contributed by atoms with E-state index in [9.17, 15) is 13.2 Å². The molecule has 0 unspecified atom stereocenters. The predicted octanol–water partition coefficient (Wildman–Crippen LogP) is 2.63. The summed E-state index contributed by atoms with van der Waals surface area (Å²) in [5.41, 5.74) is -0.202. The maximum atomic E-state index is 12.4. The SMILES string of the molecule is Cc1[nH]nc(C(=O)O)c1S(=O)(=O)Nc1ccc(Cl)cc1Br. The summed E-state index contributed by atoms with van der Waals surface area (Å²) >= 11 is 8.96. The first kappa shape index (κ1) is 15.8. The van der Waals surface area contributed by atoms with Crippen LogP contribution in [0.4, 0.5) is 5.69 Å². The summed E-state index contributed by atoms with van der Waals surface area (Å²) < 4.78 is 27.4. The number of nitrogens with one attached hydrogen (secondary N) is 2. The Labute approximate surface area is 133 Å². The topological polar surface area (TPSA) is 112 Å². The zero-order chi connectivity index (χ0) is 15.8. The van der Waals surface area contributed by atoms with Crippen molar-refractivity contribution in [3.8, 4) is 0 Å². The fraction of sp³-hybridized carbons (Fsp3) is 0.0909. The maximum absolute atomic E-state index is 12.4. The minimum absolute atomic E-state index is 0.130. The first-order chi connectivity index (χ1) is 9.72. The third-order valence-electron chi connectivity index (χ3n) is 2.54. The summed E-state index contributed by atoms with van der Waals surface area (Å²) in [4.78, 5) is 10.6. The summed E-state index contributed by atoms with van der Waals surface area (Å²) in [5, 5.41) is 15.3. The number of aromatic nitrogens is 2. The molecular weight excluding hydrogens is 386 g/mol. The van der Waals surface area contributed by atoms with Crippen LogP contribution in [-0.4, -0.2) is 29.7 Å². The summed E-state index contributed by atoms with van der Waals surface area (Å²) in [6.07, 6.45) is 0. The zero-order valence-corrected chi connectivity index (χ0v) is 13.7. The third-order valence-corrected chi connectivity index (χ3v) is 4.95. The van der Waals surface area contributed by atoms with Gasteiger partial charge in [-0.2, -0.15) is 5.10 Å². The molecule has 0 aliphatic heterocycles. The number of carbonyl (C=O) groups is 1. The number of hydrogen-bond donors (Lipinski definition) is 3. The molecule has 7 nitrogen and oxygen atoms in total. The van der Waals surface area contributed by atoms with Crippen LogP contribution in [0, 0.1) is 6.92 Å². The second kappa shape index (κ2) is 5.66. The molecular formula is C11H9BrClN3O4S. The Kier molecular flexibility index (Phi) is 4.26. The van der Waals surface area contributed by atoms with Gasteiger partial charge in [0.05, 0.1) is 11.4 Å². The number of sulfonamides is 1. The third kappa shape index (κ3) is 3.20. The Morgan fingerprint density at radius 2 is 2.14 bits per heavy atom. The van der Waals surface area contributed by atoms with Gasteiger partial charge in [-0.15, -0.1) is 0 Å². The summed E-state index contributed by atoms with van der Waals surface area (Å²) in [6, 6.07) is 4.48. The van der Waals surface area contributed by atoms with Gasteiger partial charge < -0.3 is 5.11 Å². The van der Waals surface area contributed by atoms with Crippen LogP contribution in [0.5, 0.6) is 0 Å². The fourth-order valence-electron chi connectivity index (χ4n) is 1.66. The number of aromatic carboxylic acids is 1. The normalized spacial score (nSPS) is 11.4. The van der Waals surface area contributed by atoms with E-state index in [4.69, 9.17) is 16.7 Å². The first-order valence-corrected chi connectivity index (χ1v) is 8.14. The maximum Gasteiger partial charge on any atom is 0.357 e. The van der Waals surface area contributed by atoms with E-state index in [1.54, 1.807) is 0 Å². The molecule has 0 saturated carbocycles. The van der Waals surface area contributed by atoms with E-state index in [0.29, 0.717) is 9.50 Å². The van der Waals surface area contributed by atoms with E-state index in [1.165, 1.54) is 25.1 Å². The van der Waals surface area contributed by atoms with Crippen LogP contribution in [0.3, 0.4) is 0 Å². The molecule has 0 aliphatic carbocycles. The number of benzene rings is 1. The van der Waals surface area contributed by atoms with Crippen LogP contribution in [-0.2, 0) is 10.0 Å². The highest BCUT2D eigenvalue weighted by atomic mass is 79.9.